The van der Waals surface area contributed by atoms with Gasteiger partial charge in [0.15, 0.2) is 0 Å². The number of anilines is 1. The predicted octanol–water partition coefficient (Wildman–Crippen LogP) is 3.47. The minimum Gasteiger partial charge on any atom is -0.373 e. The quantitative estimate of drug-likeness (QED) is 0.874. The highest BCUT2D eigenvalue weighted by molar-refractivity contribution is 9.10. The van der Waals surface area contributed by atoms with Crippen LogP contribution < -0.4 is 10.2 Å². The molecule has 18 heavy (non-hydrogen) atoms. The Bertz CT molecular complexity index is 426. The molecule has 1 aromatic rings. The zero-order chi connectivity index (χ0) is 13.5. The van der Waals surface area contributed by atoms with Gasteiger partial charge in [-0.2, -0.15) is 5.26 Å². The fourth-order valence-corrected chi connectivity index (χ4v) is 2.35. The van der Waals surface area contributed by atoms with Gasteiger partial charge in [0.25, 0.3) is 0 Å². The number of nitriles is 1. The van der Waals surface area contributed by atoms with Crippen LogP contribution in [0.15, 0.2) is 22.7 Å². The number of rotatable bonds is 6. The molecule has 0 aliphatic rings. The highest BCUT2D eigenvalue weighted by atomic mass is 79.9. The van der Waals surface area contributed by atoms with Gasteiger partial charge in [0.05, 0.1) is 12.5 Å². The van der Waals surface area contributed by atoms with E-state index in [-0.39, 0.29) is 0 Å². The zero-order valence-electron chi connectivity index (χ0n) is 11.2. The first kappa shape index (κ1) is 15.0. The Morgan fingerprint density at radius 1 is 1.50 bits per heavy atom. The van der Waals surface area contributed by atoms with Crippen LogP contribution in [-0.2, 0) is 0 Å². The lowest BCUT2D eigenvalue weighted by Gasteiger charge is -2.25. The predicted molar refractivity (Wildman–Crippen MR) is 79.7 cm³/mol. The summed E-state index contributed by atoms with van der Waals surface area (Å²) in [5.74, 6) is 0. The van der Waals surface area contributed by atoms with Crippen molar-refractivity contribution < 1.29 is 0 Å². The van der Waals surface area contributed by atoms with Crippen LogP contribution in [0.5, 0.6) is 0 Å². The smallest absolute Gasteiger partial charge is 0.0640 e. The molecule has 0 amide bonds. The standard InChI is InChI=1S/C14H20BrN3/c1-4-17-11(2)13-10-12(15)6-7-14(13)18(3)9-5-8-16/h6-7,10-11,17H,4-5,9H2,1-3H3. The topological polar surface area (TPSA) is 39.1 Å². The van der Waals surface area contributed by atoms with E-state index >= 15 is 0 Å². The van der Waals surface area contributed by atoms with Gasteiger partial charge in [0.2, 0.25) is 0 Å². The first-order valence-electron chi connectivity index (χ1n) is 6.21. The molecule has 0 saturated heterocycles. The fourth-order valence-electron chi connectivity index (χ4n) is 1.97. The van der Waals surface area contributed by atoms with E-state index in [1.54, 1.807) is 0 Å². The molecule has 3 nitrogen and oxygen atoms in total. The molecule has 0 fully saturated rings. The molecule has 1 aromatic carbocycles. The van der Waals surface area contributed by atoms with E-state index in [9.17, 15) is 0 Å². The van der Waals surface area contributed by atoms with Crippen LogP contribution >= 0.6 is 15.9 Å². The third kappa shape index (κ3) is 4.01. The summed E-state index contributed by atoms with van der Waals surface area (Å²) in [6, 6.07) is 8.77. The normalized spacial score (nSPS) is 11.9. The van der Waals surface area contributed by atoms with Crippen LogP contribution in [-0.4, -0.2) is 20.1 Å². The van der Waals surface area contributed by atoms with Gasteiger partial charge in [0, 0.05) is 29.8 Å². The van der Waals surface area contributed by atoms with Gasteiger partial charge in [0.1, 0.15) is 0 Å². The molecule has 4 heteroatoms. The van der Waals surface area contributed by atoms with Crippen LogP contribution in [0.25, 0.3) is 0 Å². The van der Waals surface area contributed by atoms with Crippen molar-refractivity contribution in [1.82, 2.24) is 5.32 Å². The minimum absolute atomic E-state index is 0.298. The molecular formula is C14H20BrN3. The maximum Gasteiger partial charge on any atom is 0.0640 e. The van der Waals surface area contributed by atoms with Gasteiger partial charge in [-0.05, 0) is 37.2 Å². The van der Waals surface area contributed by atoms with Crippen molar-refractivity contribution >= 4 is 21.6 Å². The van der Waals surface area contributed by atoms with E-state index in [4.69, 9.17) is 5.26 Å². The van der Waals surface area contributed by atoms with Crippen molar-refractivity contribution in [2.75, 3.05) is 25.0 Å². The largest absolute Gasteiger partial charge is 0.373 e. The van der Waals surface area contributed by atoms with Crippen molar-refractivity contribution in [3.05, 3.63) is 28.2 Å². The van der Waals surface area contributed by atoms with Crippen LogP contribution in [0.3, 0.4) is 0 Å². The van der Waals surface area contributed by atoms with Gasteiger partial charge >= 0.3 is 0 Å². The maximum absolute atomic E-state index is 8.67. The zero-order valence-corrected chi connectivity index (χ0v) is 12.8. The Kier molecular flexibility index (Phi) is 6.17. The monoisotopic (exact) mass is 309 g/mol. The average molecular weight is 310 g/mol. The molecule has 0 saturated carbocycles. The van der Waals surface area contributed by atoms with E-state index < -0.39 is 0 Å². The van der Waals surface area contributed by atoms with Crippen molar-refractivity contribution in [3.63, 3.8) is 0 Å². The van der Waals surface area contributed by atoms with Gasteiger partial charge < -0.3 is 10.2 Å². The number of halogens is 1. The van der Waals surface area contributed by atoms with Crippen LogP contribution in [0.1, 0.15) is 31.9 Å². The molecule has 0 bridgehead atoms. The van der Waals surface area contributed by atoms with E-state index in [1.165, 1.54) is 11.3 Å². The molecule has 0 heterocycles. The van der Waals surface area contributed by atoms with Crippen molar-refractivity contribution in [2.24, 2.45) is 0 Å². The second-order valence-corrected chi connectivity index (χ2v) is 5.23. The van der Waals surface area contributed by atoms with Crippen LogP contribution in [0.2, 0.25) is 0 Å². The second-order valence-electron chi connectivity index (χ2n) is 4.31. The first-order chi connectivity index (χ1) is 8.60. The lowest BCUT2D eigenvalue weighted by molar-refractivity contribution is 0.596. The molecule has 98 valence electrons. The number of nitrogens with one attached hydrogen (secondary N) is 1. The number of nitrogens with zero attached hydrogens (tertiary/aromatic N) is 2. The van der Waals surface area contributed by atoms with Crippen LogP contribution in [0, 0.1) is 11.3 Å². The van der Waals surface area contributed by atoms with Gasteiger partial charge in [-0.25, -0.2) is 0 Å². The molecule has 1 unspecified atom stereocenters. The van der Waals surface area contributed by atoms with E-state index in [0.717, 1.165) is 17.6 Å². The van der Waals surface area contributed by atoms with E-state index in [0.29, 0.717) is 12.5 Å². The Hall–Kier alpha value is -1.05. The molecule has 0 aliphatic heterocycles. The van der Waals surface area contributed by atoms with E-state index in [1.807, 2.05) is 13.1 Å². The minimum atomic E-state index is 0.298. The number of hydrogen-bond donors (Lipinski definition) is 1. The molecule has 1 rings (SSSR count). The molecule has 1 N–H and O–H groups in total. The summed E-state index contributed by atoms with van der Waals surface area (Å²) in [4.78, 5) is 2.14. The summed E-state index contributed by atoms with van der Waals surface area (Å²) in [7, 11) is 2.03. The Labute approximate surface area is 118 Å². The molecule has 0 radical (unpaired) electrons. The highest BCUT2D eigenvalue weighted by Crippen LogP contribution is 2.29. The summed E-state index contributed by atoms with van der Waals surface area (Å²) in [6.07, 6.45) is 0.543. The van der Waals surface area contributed by atoms with Gasteiger partial charge in [-0.3, -0.25) is 0 Å². The lowest BCUT2D eigenvalue weighted by atomic mass is 10.1. The maximum atomic E-state index is 8.67. The third-order valence-corrected chi connectivity index (χ3v) is 3.43. The summed E-state index contributed by atoms with van der Waals surface area (Å²) in [5, 5.41) is 12.1. The third-order valence-electron chi connectivity index (χ3n) is 2.94. The molecule has 0 aliphatic carbocycles. The Balaban J connectivity index is 2.99. The summed E-state index contributed by atoms with van der Waals surface area (Å²) < 4.78 is 1.08. The fraction of sp³-hybridized carbons (Fsp3) is 0.500. The van der Waals surface area contributed by atoms with Crippen molar-refractivity contribution in [1.29, 1.82) is 5.26 Å². The summed E-state index contributed by atoms with van der Waals surface area (Å²) in [6.45, 7) is 5.96. The number of benzene rings is 1. The SMILES string of the molecule is CCNC(C)c1cc(Br)ccc1N(C)CCC#N. The number of hydrogen-bond acceptors (Lipinski definition) is 3. The van der Waals surface area contributed by atoms with Crippen LogP contribution in [0.4, 0.5) is 5.69 Å². The molecule has 0 spiro atoms. The molecular weight excluding hydrogens is 290 g/mol. The van der Waals surface area contributed by atoms with Crippen molar-refractivity contribution in [2.45, 2.75) is 26.3 Å². The van der Waals surface area contributed by atoms with E-state index in [2.05, 4.69) is 58.2 Å². The average Bonchev–Trinajstić information content (AvgIpc) is 2.36. The Morgan fingerprint density at radius 2 is 2.22 bits per heavy atom. The summed E-state index contributed by atoms with van der Waals surface area (Å²) in [5.41, 5.74) is 2.44. The molecule has 1 atom stereocenters. The van der Waals surface area contributed by atoms with Gasteiger partial charge in [-0.15, -0.1) is 0 Å². The van der Waals surface area contributed by atoms with Gasteiger partial charge in [-0.1, -0.05) is 22.9 Å². The highest BCUT2D eigenvalue weighted by Gasteiger charge is 2.13. The lowest BCUT2D eigenvalue weighted by Crippen LogP contribution is -2.24. The second kappa shape index (κ2) is 7.40. The van der Waals surface area contributed by atoms with Crippen molar-refractivity contribution in [3.8, 4) is 6.07 Å². The Morgan fingerprint density at radius 3 is 2.83 bits per heavy atom. The summed E-state index contributed by atoms with van der Waals surface area (Å²) >= 11 is 3.52. The molecule has 0 aromatic heterocycles. The first-order valence-corrected chi connectivity index (χ1v) is 7.00.